The van der Waals surface area contributed by atoms with Crippen LogP contribution in [0.4, 0.5) is 4.39 Å². The van der Waals surface area contributed by atoms with Gasteiger partial charge in [-0.1, -0.05) is 15.9 Å². The van der Waals surface area contributed by atoms with Gasteiger partial charge in [-0.3, -0.25) is 0 Å². The maximum atomic E-state index is 13.0. The molecule has 0 saturated heterocycles. The van der Waals surface area contributed by atoms with Gasteiger partial charge in [0.25, 0.3) is 0 Å². The number of hydrogen-bond acceptors (Lipinski definition) is 2. The lowest BCUT2D eigenvalue weighted by molar-refractivity contribution is 0.619. The number of hydrogen-bond donors (Lipinski definition) is 0. The molecule has 1 nitrogen and oxygen atoms in total. The molecule has 0 aliphatic rings. The third-order valence-electron chi connectivity index (χ3n) is 1.35. The highest BCUT2D eigenvalue weighted by molar-refractivity contribution is 9.10. The SMILES string of the molecule is CSc1cc(Br)cc(F)c1C#N. The molecule has 62 valence electrons. The second kappa shape index (κ2) is 3.92. The Morgan fingerprint density at radius 1 is 1.58 bits per heavy atom. The molecule has 0 unspecified atom stereocenters. The standard InChI is InChI=1S/C8H5BrFNS/c1-12-8-3-5(9)2-7(10)6(8)4-11/h2-3H,1H3. The first kappa shape index (κ1) is 9.56. The van der Waals surface area contributed by atoms with E-state index in [0.29, 0.717) is 9.37 Å². The Kier molecular flexibility index (Phi) is 3.12. The molecule has 0 aliphatic carbocycles. The lowest BCUT2D eigenvalue weighted by Crippen LogP contribution is -1.87. The van der Waals surface area contributed by atoms with Gasteiger partial charge in [-0.15, -0.1) is 11.8 Å². The van der Waals surface area contributed by atoms with E-state index in [2.05, 4.69) is 15.9 Å². The van der Waals surface area contributed by atoms with Crippen molar-refractivity contribution < 1.29 is 4.39 Å². The fraction of sp³-hybridized carbons (Fsp3) is 0.125. The van der Waals surface area contributed by atoms with Gasteiger partial charge in [0, 0.05) is 9.37 Å². The molecule has 1 aromatic rings. The molecule has 1 aromatic carbocycles. The first-order chi connectivity index (χ1) is 5.69. The summed E-state index contributed by atoms with van der Waals surface area (Å²) >= 11 is 4.51. The van der Waals surface area contributed by atoms with E-state index in [1.165, 1.54) is 17.8 Å². The van der Waals surface area contributed by atoms with E-state index >= 15 is 0 Å². The number of rotatable bonds is 1. The van der Waals surface area contributed by atoms with Gasteiger partial charge in [-0.2, -0.15) is 5.26 Å². The molecule has 1 rings (SSSR count). The van der Waals surface area contributed by atoms with Crippen LogP contribution >= 0.6 is 27.7 Å². The third kappa shape index (κ3) is 1.79. The van der Waals surface area contributed by atoms with Crippen LogP contribution in [0.25, 0.3) is 0 Å². The van der Waals surface area contributed by atoms with Crippen molar-refractivity contribution in [3.05, 3.63) is 28.0 Å². The van der Waals surface area contributed by atoms with E-state index in [0.717, 1.165) is 0 Å². The summed E-state index contributed by atoms with van der Waals surface area (Å²) < 4.78 is 13.7. The van der Waals surface area contributed by atoms with Crippen molar-refractivity contribution in [2.45, 2.75) is 4.90 Å². The maximum Gasteiger partial charge on any atom is 0.143 e. The van der Waals surface area contributed by atoms with Gasteiger partial charge in [0.2, 0.25) is 0 Å². The highest BCUT2D eigenvalue weighted by Crippen LogP contribution is 2.26. The normalized spacial score (nSPS) is 9.50. The van der Waals surface area contributed by atoms with E-state index < -0.39 is 5.82 Å². The predicted octanol–water partition coefficient (Wildman–Crippen LogP) is 3.18. The van der Waals surface area contributed by atoms with E-state index in [1.807, 2.05) is 12.3 Å². The minimum absolute atomic E-state index is 0.116. The molecule has 4 heteroatoms. The van der Waals surface area contributed by atoms with E-state index in [4.69, 9.17) is 5.26 Å². The van der Waals surface area contributed by atoms with Gasteiger partial charge >= 0.3 is 0 Å². The number of nitrogens with zero attached hydrogens (tertiary/aromatic N) is 1. The average molecular weight is 246 g/mol. The number of nitriles is 1. The van der Waals surface area contributed by atoms with Gasteiger partial charge < -0.3 is 0 Å². The highest BCUT2D eigenvalue weighted by Gasteiger charge is 2.08. The lowest BCUT2D eigenvalue weighted by atomic mass is 10.2. The summed E-state index contributed by atoms with van der Waals surface area (Å²) in [5.74, 6) is -0.476. The van der Waals surface area contributed by atoms with Crippen molar-refractivity contribution in [2.75, 3.05) is 6.26 Å². The Balaban J connectivity index is 3.36. The van der Waals surface area contributed by atoms with Crippen LogP contribution in [0.2, 0.25) is 0 Å². The molecule has 12 heavy (non-hydrogen) atoms. The molecule has 0 aliphatic heterocycles. The largest absolute Gasteiger partial charge is 0.205 e. The Morgan fingerprint density at radius 3 is 2.75 bits per heavy atom. The predicted molar refractivity (Wildman–Crippen MR) is 50.6 cm³/mol. The highest BCUT2D eigenvalue weighted by atomic mass is 79.9. The summed E-state index contributed by atoms with van der Waals surface area (Å²) in [5, 5.41) is 8.60. The van der Waals surface area contributed by atoms with Gasteiger partial charge in [-0.25, -0.2) is 4.39 Å². The van der Waals surface area contributed by atoms with Gasteiger partial charge in [0.1, 0.15) is 17.4 Å². The smallest absolute Gasteiger partial charge is 0.143 e. The molecule has 0 N–H and O–H groups in total. The van der Waals surface area contributed by atoms with Crippen molar-refractivity contribution in [1.29, 1.82) is 5.26 Å². The fourth-order valence-electron chi connectivity index (χ4n) is 0.819. The average Bonchev–Trinajstić information content (AvgIpc) is 2.03. The molecule has 0 heterocycles. The molecule has 0 atom stereocenters. The van der Waals surface area contributed by atoms with E-state index in [1.54, 1.807) is 6.07 Å². The Labute approximate surface area is 82.7 Å². The Morgan fingerprint density at radius 2 is 2.25 bits per heavy atom. The van der Waals surface area contributed by atoms with Crippen molar-refractivity contribution in [1.82, 2.24) is 0 Å². The first-order valence-electron chi connectivity index (χ1n) is 3.12. The molecule has 0 amide bonds. The van der Waals surface area contributed by atoms with Gasteiger partial charge in [0.05, 0.1) is 0 Å². The van der Waals surface area contributed by atoms with Crippen LogP contribution in [0.5, 0.6) is 0 Å². The molecule has 0 bridgehead atoms. The number of benzene rings is 1. The molecule has 0 saturated carbocycles. The summed E-state index contributed by atoms with van der Waals surface area (Å²) in [4.78, 5) is 0.657. The Hall–Kier alpha value is -0.530. The quantitative estimate of drug-likeness (QED) is 0.710. The summed E-state index contributed by atoms with van der Waals surface area (Å²) in [5.41, 5.74) is 0.116. The molecule has 0 fully saturated rings. The zero-order valence-electron chi connectivity index (χ0n) is 6.27. The zero-order chi connectivity index (χ0) is 9.14. The zero-order valence-corrected chi connectivity index (χ0v) is 8.67. The first-order valence-corrected chi connectivity index (χ1v) is 5.14. The van der Waals surface area contributed by atoms with E-state index in [9.17, 15) is 4.39 Å². The van der Waals surface area contributed by atoms with Crippen LogP contribution in [-0.2, 0) is 0 Å². The maximum absolute atomic E-state index is 13.0. The minimum atomic E-state index is -0.476. The summed E-state index contributed by atoms with van der Waals surface area (Å²) in [6, 6.07) is 4.84. The Bertz CT molecular complexity index is 346. The van der Waals surface area contributed by atoms with Crippen LogP contribution < -0.4 is 0 Å². The molecular weight excluding hydrogens is 241 g/mol. The molecule has 0 aromatic heterocycles. The van der Waals surface area contributed by atoms with Crippen molar-refractivity contribution in [3.8, 4) is 6.07 Å². The minimum Gasteiger partial charge on any atom is -0.205 e. The number of thioether (sulfide) groups is 1. The molecule has 0 spiro atoms. The molecule has 0 radical (unpaired) electrons. The summed E-state index contributed by atoms with van der Waals surface area (Å²) in [6.07, 6.45) is 1.81. The van der Waals surface area contributed by atoms with Gasteiger partial charge in [0.15, 0.2) is 0 Å². The van der Waals surface area contributed by atoms with Crippen LogP contribution in [0, 0.1) is 17.1 Å². The summed E-state index contributed by atoms with van der Waals surface area (Å²) in [7, 11) is 0. The van der Waals surface area contributed by atoms with Crippen LogP contribution in [-0.4, -0.2) is 6.26 Å². The second-order valence-electron chi connectivity index (χ2n) is 2.08. The van der Waals surface area contributed by atoms with E-state index in [-0.39, 0.29) is 5.56 Å². The van der Waals surface area contributed by atoms with Gasteiger partial charge in [-0.05, 0) is 18.4 Å². The second-order valence-corrected chi connectivity index (χ2v) is 3.84. The topological polar surface area (TPSA) is 23.8 Å². The van der Waals surface area contributed by atoms with Crippen LogP contribution in [0.3, 0.4) is 0 Å². The van der Waals surface area contributed by atoms with Crippen LogP contribution in [0.15, 0.2) is 21.5 Å². The van der Waals surface area contributed by atoms with Crippen LogP contribution in [0.1, 0.15) is 5.56 Å². The summed E-state index contributed by atoms with van der Waals surface area (Å²) in [6.45, 7) is 0. The third-order valence-corrected chi connectivity index (χ3v) is 2.57. The lowest BCUT2D eigenvalue weighted by Gasteiger charge is -2.01. The van der Waals surface area contributed by atoms with Crippen molar-refractivity contribution in [3.63, 3.8) is 0 Å². The monoisotopic (exact) mass is 245 g/mol. The fourth-order valence-corrected chi connectivity index (χ4v) is 1.99. The number of halogens is 2. The van der Waals surface area contributed by atoms with Crippen molar-refractivity contribution in [2.24, 2.45) is 0 Å². The van der Waals surface area contributed by atoms with Crippen molar-refractivity contribution >= 4 is 27.7 Å². The molecular formula is C8H5BrFNS.